The average molecular weight is 413 g/mol. The molecule has 152 valence electrons. The fraction of sp³-hybridized carbons (Fsp3) is 0.286. The molecule has 0 saturated carbocycles. The van der Waals surface area contributed by atoms with Crippen molar-refractivity contribution in [3.05, 3.63) is 69.7 Å². The molecule has 2 aromatic heterocycles. The quantitative estimate of drug-likeness (QED) is 0.584. The molecule has 2 amide bonds. The molecule has 8 heteroatoms. The number of rotatable bonds is 7. The second-order valence-electron chi connectivity index (χ2n) is 6.61. The number of aromatic nitrogens is 2. The van der Waals surface area contributed by atoms with Crippen LogP contribution in [-0.4, -0.2) is 35.2 Å². The van der Waals surface area contributed by atoms with E-state index in [1.54, 1.807) is 18.4 Å². The van der Waals surface area contributed by atoms with E-state index >= 15 is 0 Å². The number of methoxy groups -OCH3 is 1. The minimum absolute atomic E-state index is 0.172. The number of nitrogens with one attached hydrogen (secondary N) is 2. The molecule has 1 atom stereocenters. The van der Waals surface area contributed by atoms with Crippen LogP contribution in [0.4, 0.5) is 0 Å². The zero-order chi connectivity index (χ0) is 20.8. The predicted molar refractivity (Wildman–Crippen MR) is 112 cm³/mol. The van der Waals surface area contributed by atoms with Crippen molar-refractivity contribution in [2.24, 2.45) is 0 Å². The molecule has 2 heterocycles. The molecule has 0 fully saturated rings. The fourth-order valence-corrected chi connectivity index (χ4v) is 3.94. The Kier molecular flexibility index (Phi) is 6.66. The Morgan fingerprint density at radius 3 is 2.55 bits per heavy atom. The number of benzene rings is 1. The lowest BCUT2D eigenvalue weighted by atomic mass is 10.2. The van der Waals surface area contributed by atoms with E-state index in [-0.39, 0.29) is 19.1 Å². The van der Waals surface area contributed by atoms with Crippen LogP contribution in [0.3, 0.4) is 0 Å². The third-order valence-electron chi connectivity index (χ3n) is 4.51. The number of para-hydroxylation sites is 1. The maximum absolute atomic E-state index is 12.3. The van der Waals surface area contributed by atoms with Gasteiger partial charge in [0.15, 0.2) is 0 Å². The summed E-state index contributed by atoms with van der Waals surface area (Å²) in [5, 5.41) is 11.9. The second kappa shape index (κ2) is 9.38. The van der Waals surface area contributed by atoms with Gasteiger partial charge in [-0.3, -0.25) is 14.3 Å². The van der Waals surface area contributed by atoms with Gasteiger partial charge in [0, 0.05) is 29.2 Å². The number of ether oxygens (including phenoxy) is 1. The smallest absolute Gasteiger partial charge is 0.309 e. The van der Waals surface area contributed by atoms with Crippen LogP contribution in [0.15, 0.2) is 47.8 Å². The molecule has 0 unspecified atom stereocenters. The van der Waals surface area contributed by atoms with Gasteiger partial charge in [0.25, 0.3) is 0 Å². The van der Waals surface area contributed by atoms with E-state index in [2.05, 4.69) is 15.7 Å². The SMILES string of the molecule is COc1ccccc1CNC(=O)C(=O)NC[C@@H](c1cccs1)n1nc(C)cc1C. The molecule has 0 radical (unpaired) electrons. The van der Waals surface area contributed by atoms with E-state index in [1.165, 1.54) is 0 Å². The molecule has 3 rings (SSSR count). The Bertz CT molecular complexity index is 982. The molecule has 7 nitrogen and oxygen atoms in total. The van der Waals surface area contributed by atoms with Gasteiger partial charge in [0.2, 0.25) is 0 Å². The Labute approximate surface area is 173 Å². The summed E-state index contributed by atoms with van der Waals surface area (Å²) < 4.78 is 7.14. The van der Waals surface area contributed by atoms with Crippen molar-refractivity contribution in [1.82, 2.24) is 20.4 Å². The van der Waals surface area contributed by atoms with Crippen molar-refractivity contribution < 1.29 is 14.3 Å². The summed E-state index contributed by atoms with van der Waals surface area (Å²) in [6.07, 6.45) is 0. The van der Waals surface area contributed by atoms with Crippen molar-refractivity contribution in [3.63, 3.8) is 0 Å². The normalized spacial score (nSPS) is 11.7. The van der Waals surface area contributed by atoms with Crippen LogP contribution in [0.25, 0.3) is 0 Å². The molecule has 2 N–H and O–H groups in total. The second-order valence-corrected chi connectivity index (χ2v) is 7.59. The van der Waals surface area contributed by atoms with Crippen LogP contribution in [0.2, 0.25) is 0 Å². The van der Waals surface area contributed by atoms with Gasteiger partial charge >= 0.3 is 11.8 Å². The van der Waals surface area contributed by atoms with Gasteiger partial charge < -0.3 is 15.4 Å². The topological polar surface area (TPSA) is 85.2 Å². The fourth-order valence-electron chi connectivity index (χ4n) is 3.12. The molecule has 0 aliphatic rings. The monoisotopic (exact) mass is 412 g/mol. The van der Waals surface area contributed by atoms with Crippen LogP contribution in [-0.2, 0) is 16.1 Å². The zero-order valence-electron chi connectivity index (χ0n) is 16.6. The van der Waals surface area contributed by atoms with Gasteiger partial charge in [-0.25, -0.2) is 0 Å². The van der Waals surface area contributed by atoms with E-state index in [0.29, 0.717) is 5.75 Å². The first-order chi connectivity index (χ1) is 14.0. The molecule has 3 aromatic rings. The number of hydrogen-bond donors (Lipinski definition) is 2. The van der Waals surface area contributed by atoms with Gasteiger partial charge in [-0.1, -0.05) is 24.3 Å². The van der Waals surface area contributed by atoms with Gasteiger partial charge in [-0.15, -0.1) is 11.3 Å². The minimum atomic E-state index is -0.686. The molecule has 0 aliphatic heterocycles. The molecule has 0 bridgehead atoms. The number of aryl methyl sites for hydroxylation is 2. The Morgan fingerprint density at radius 1 is 1.14 bits per heavy atom. The summed E-state index contributed by atoms with van der Waals surface area (Å²) in [4.78, 5) is 25.6. The van der Waals surface area contributed by atoms with Crippen molar-refractivity contribution >= 4 is 23.2 Å². The zero-order valence-corrected chi connectivity index (χ0v) is 17.5. The number of thiophene rings is 1. The third kappa shape index (κ3) is 5.03. The highest BCUT2D eigenvalue weighted by atomic mass is 32.1. The van der Waals surface area contributed by atoms with E-state index in [4.69, 9.17) is 4.74 Å². The molecular formula is C21H24N4O3S. The lowest BCUT2D eigenvalue weighted by Crippen LogP contribution is -2.42. The van der Waals surface area contributed by atoms with Crippen molar-refractivity contribution in [2.75, 3.05) is 13.7 Å². The first kappa shape index (κ1) is 20.6. The lowest BCUT2D eigenvalue weighted by Gasteiger charge is -2.19. The van der Waals surface area contributed by atoms with Crippen LogP contribution < -0.4 is 15.4 Å². The molecular weight excluding hydrogens is 388 g/mol. The number of nitrogens with zero attached hydrogens (tertiary/aromatic N) is 2. The molecule has 0 spiro atoms. The summed E-state index contributed by atoms with van der Waals surface area (Å²) in [6.45, 7) is 4.38. The maximum atomic E-state index is 12.3. The number of amides is 2. The molecule has 29 heavy (non-hydrogen) atoms. The summed E-state index contributed by atoms with van der Waals surface area (Å²) in [5.41, 5.74) is 2.70. The highest BCUT2D eigenvalue weighted by Crippen LogP contribution is 2.24. The highest BCUT2D eigenvalue weighted by molar-refractivity contribution is 7.10. The largest absolute Gasteiger partial charge is 0.496 e. The third-order valence-corrected chi connectivity index (χ3v) is 5.48. The number of carbonyl (C=O) groups excluding carboxylic acids is 2. The van der Waals surface area contributed by atoms with E-state index in [9.17, 15) is 9.59 Å². The number of hydrogen-bond acceptors (Lipinski definition) is 5. The van der Waals surface area contributed by atoms with Crippen molar-refractivity contribution in [1.29, 1.82) is 0 Å². The lowest BCUT2D eigenvalue weighted by molar-refractivity contribution is -0.139. The Hall–Kier alpha value is -3.13. The van der Waals surface area contributed by atoms with Gasteiger partial charge in [-0.05, 0) is 37.4 Å². The first-order valence-electron chi connectivity index (χ1n) is 9.23. The van der Waals surface area contributed by atoms with Crippen LogP contribution in [0, 0.1) is 13.8 Å². The van der Waals surface area contributed by atoms with Crippen molar-refractivity contribution in [3.8, 4) is 5.75 Å². The summed E-state index contributed by atoms with van der Waals surface area (Å²) in [7, 11) is 1.57. The Morgan fingerprint density at radius 2 is 1.90 bits per heavy atom. The van der Waals surface area contributed by atoms with E-state index in [0.717, 1.165) is 21.8 Å². The highest BCUT2D eigenvalue weighted by Gasteiger charge is 2.21. The minimum Gasteiger partial charge on any atom is -0.496 e. The van der Waals surface area contributed by atoms with E-state index in [1.807, 2.05) is 66.4 Å². The standard InChI is InChI=1S/C21H24N4O3S/c1-14-11-15(2)25(24-14)17(19-9-6-10-29-19)13-23-21(27)20(26)22-12-16-7-4-5-8-18(16)28-3/h4-11,17H,12-13H2,1-3H3,(H,22,26)(H,23,27)/t17-/m0/s1. The van der Waals surface area contributed by atoms with Gasteiger partial charge in [0.05, 0.1) is 12.8 Å². The van der Waals surface area contributed by atoms with Crippen LogP contribution >= 0.6 is 11.3 Å². The maximum Gasteiger partial charge on any atom is 0.309 e. The summed E-state index contributed by atoms with van der Waals surface area (Å²) >= 11 is 1.59. The first-order valence-corrected chi connectivity index (χ1v) is 10.1. The summed E-state index contributed by atoms with van der Waals surface area (Å²) in [6, 6.07) is 13.1. The predicted octanol–water partition coefficient (Wildman–Crippen LogP) is 2.59. The van der Waals surface area contributed by atoms with Gasteiger partial charge in [0.1, 0.15) is 11.8 Å². The molecule has 1 aromatic carbocycles. The Balaban J connectivity index is 1.62. The van der Waals surface area contributed by atoms with Crippen LogP contribution in [0.1, 0.15) is 27.9 Å². The van der Waals surface area contributed by atoms with Gasteiger partial charge in [-0.2, -0.15) is 5.10 Å². The summed E-state index contributed by atoms with van der Waals surface area (Å²) in [5.74, 6) is -0.701. The van der Waals surface area contributed by atoms with Crippen molar-refractivity contribution in [2.45, 2.75) is 26.4 Å². The van der Waals surface area contributed by atoms with E-state index < -0.39 is 11.8 Å². The molecule has 0 aliphatic carbocycles. The van der Waals surface area contributed by atoms with Crippen LogP contribution in [0.5, 0.6) is 5.75 Å². The molecule has 0 saturated heterocycles. The number of carbonyl (C=O) groups is 2. The average Bonchev–Trinajstić information content (AvgIpc) is 3.36.